The van der Waals surface area contributed by atoms with Crippen LogP contribution in [0.4, 0.5) is 5.69 Å². The molecule has 0 radical (unpaired) electrons. The monoisotopic (exact) mass is 462 g/mol. The first-order valence-electron chi connectivity index (χ1n) is 10.3. The van der Waals surface area contributed by atoms with Gasteiger partial charge in [-0.05, 0) is 65.4 Å². The van der Waals surface area contributed by atoms with Crippen molar-refractivity contribution in [3.63, 3.8) is 0 Å². The molecular formula is C25H22N2O5S. The summed E-state index contributed by atoms with van der Waals surface area (Å²) in [6.45, 7) is 0. The van der Waals surface area contributed by atoms with Crippen molar-refractivity contribution in [3.05, 3.63) is 52.4 Å². The molecule has 0 amide bonds. The molecule has 33 heavy (non-hydrogen) atoms. The summed E-state index contributed by atoms with van der Waals surface area (Å²) < 4.78 is 16.3. The van der Waals surface area contributed by atoms with Crippen LogP contribution in [0.15, 0.2) is 36.4 Å². The average Bonchev–Trinajstić information content (AvgIpc) is 3.17. The van der Waals surface area contributed by atoms with Crippen molar-refractivity contribution in [2.45, 2.75) is 12.8 Å². The number of nitrogens with two attached hydrogens (primary N) is 1. The Kier molecular flexibility index (Phi) is 5.09. The Hall–Kier alpha value is -3.78. The molecule has 2 aromatic heterocycles. The molecule has 0 bridgehead atoms. The van der Waals surface area contributed by atoms with Crippen molar-refractivity contribution in [2.75, 3.05) is 27.1 Å². The van der Waals surface area contributed by atoms with Gasteiger partial charge in [0.2, 0.25) is 0 Å². The highest BCUT2D eigenvalue weighted by atomic mass is 32.1. The van der Waals surface area contributed by atoms with Crippen LogP contribution in [0.5, 0.6) is 17.2 Å². The first-order valence-corrected chi connectivity index (χ1v) is 11.2. The Bertz CT molecular complexity index is 1430. The van der Waals surface area contributed by atoms with E-state index in [0.29, 0.717) is 21.7 Å². The maximum Gasteiger partial charge on any atom is 0.348 e. The normalized spacial score (nSPS) is 12.2. The van der Waals surface area contributed by atoms with Gasteiger partial charge in [0.05, 0.1) is 32.7 Å². The van der Waals surface area contributed by atoms with E-state index in [4.69, 9.17) is 24.9 Å². The van der Waals surface area contributed by atoms with Crippen LogP contribution in [-0.4, -0.2) is 37.4 Å². The second-order valence-corrected chi connectivity index (χ2v) is 8.74. The maximum absolute atomic E-state index is 11.9. The third kappa shape index (κ3) is 3.25. The lowest BCUT2D eigenvalue weighted by Crippen LogP contribution is -2.09. The van der Waals surface area contributed by atoms with Crippen molar-refractivity contribution >= 4 is 33.2 Å². The van der Waals surface area contributed by atoms with Crippen molar-refractivity contribution in [2.24, 2.45) is 0 Å². The molecule has 1 aliphatic rings. The average molecular weight is 463 g/mol. The molecule has 0 fully saturated rings. The van der Waals surface area contributed by atoms with Crippen LogP contribution in [0.2, 0.25) is 0 Å². The van der Waals surface area contributed by atoms with E-state index in [1.165, 1.54) is 0 Å². The van der Waals surface area contributed by atoms with Gasteiger partial charge in [-0.2, -0.15) is 0 Å². The van der Waals surface area contributed by atoms with Crippen LogP contribution in [0, 0.1) is 0 Å². The molecule has 0 spiro atoms. The second kappa shape index (κ2) is 7.97. The molecule has 0 aliphatic heterocycles. The zero-order valence-corrected chi connectivity index (χ0v) is 19.2. The number of carboxylic acid groups (broad SMARTS) is 1. The quantitative estimate of drug-likeness (QED) is 0.428. The highest BCUT2D eigenvalue weighted by Gasteiger charge is 2.28. The van der Waals surface area contributed by atoms with E-state index < -0.39 is 5.97 Å². The zero-order chi connectivity index (χ0) is 23.3. The van der Waals surface area contributed by atoms with Gasteiger partial charge in [0.15, 0.2) is 11.5 Å². The Balaban J connectivity index is 1.87. The first-order chi connectivity index (χ1) is 16.0. The van der Waals surface area contributed by atoms with Gasteiger partial charge in [-0.3, -0.25) is 0 Å². The summed E-state index contributed by atoms with van der Waals surface area (Å²) >= 11 is 1.10. The fourth-order valence-electron chi connectivity index (χ4n) is 4.52. The number of aromatic carboxylic acids is 1. The number of hydrogen-bond acceptors (Lipinski definition) is 7. The van der Waals surface area contributed by atoms with Gasteiger partial charge >= 0.3 is 5.97 Å². The van der Waals surface area contributed by atoms with E-state index in [9.17, 15) is 9.90 Å². The van der Waals surface area contributed by atoms with Crippen molar-refractivity contribution in [3.8, 4) is 39.6 Å². The Labute approximate surface area is 194 Å². The molecule has 1 aliphatic carbocycles. The molecule has 8 heteroatoms. The van der Waals surface area contributed by atoms with Gasteiger partial charge in [0.25, 0.3) is 0 Å². The van der Waals surface area contributed by atoms with Crippen molar-refractivity contribution < 1.29 is 24.1 Å². The number of methoxy groups -OCH3 is 3. The smallest absolute Gasteiger partial charge is 0.348 e. The molecule has 3 N–H and O–H groups in total. The predicted molar refractivity (Wildman–Crippen MR) is 129 cm³/mol. The van der Waals surface area contributed by atoms with Crippen molar-refractivity contribution in [1.29, 1.82) is 0 Å². The molecule has 7 nitrogen and oxygen atoms in total. The van der Waals surface area contributed by atoms with Gasteiger partial charge in [0.1, 0.15) is 15.5 Å². The number of nitrogens with zero attached hydrogens (tertiary/aromatic N) is 1. The van der Waals surface area contributed by atoms with Crippen LogP contribution < -0.4 is 19.9 Å². The summed E-state index contributed by atoms with van der Waals surface area (Å²) in [6, 6.07) is 11.6. The SMILES string of the molecule is COc1ccc2c(c1)CCc1c-2nc2sc(C(=O)O)c(N)c2c1-c1ccc(OC)c(OC)c1. The number of benzene rings is 2. The van der Waals surface area contributed by atoms with Gasteiger partial charge in [0, 0.05) is 10.9 Å². The number of aryl methyl sites for hydroxylation is 1. The topological polar surface area (TPSA) is 104 Å². The maximum atomic E-state index is 11.9. The molecule has 2 aromatic carbocycles. The molecule has 4 aromatic rings. The van der Waals surface area contributed by atoms with E-state index >= 15 is 0 Å². The number of rotatable bonds is 5. The lowest BCUT2D eigenvalue weighted by Gasteiger charge is -2.23. The lowest BCUT2D eigenvalue weighted by atomic mass is 9.83. The summed E-state index contributed by atoms with van der Waals surface area (Å²) in [5.74, 6) is 0.938. The Morgan fingerprint density at radius 3 is 2.52 bits per heavy atom. The van der Waals surface area contributed by atoms with Crippen LogP contribution in [-0.2, 0) is 12.8 Å². The minimum Gasteiger partial charge on any atom is -0.497 e. The van der Waals surface area contributed by atoms with E-state index in [-0.39, 0.29) is 10.6 Å². The molecule has 0 unspecified atom stereocenters. The first kappa shape index (κ1) is 21.1. The second-order valence-electron chi connectivity index (χ2n) is 7.74. The number of anilines is 1. The largest absolute Gasteiger partial charge is 0.497 e. The number of ether oxygens (including phenoxy) is 3. The fraction of sp³-hybridized carbons (Fsp3) is 0.200. The summed E-state index contributed by atoms with van der Waals surface area (Å²) in [5, 5.41) is 10.4. The van der Waals surface area contributed by atoms with Gasteiger partial charge in [-0.15, -0.1) is 11.3 Å². The lowest BCUT2D eigenvalue weighted by molar-refractivity contribution is 0.0703. The predicted octanol–water partition coefficient (Wildman–Crippen LogP) is 5.04. The third-order valence-corrected chi connectivity index (χ3v) is 7.14. The molecule has 5 rings (SSSR count). The highest BCUT2D eigenvalue weighted by molar-refractivity contribution is 7.21. The summed E-state index contributed by atoms with van der Waals surface area (Å²) in [7, 11) is 4.83. The fourth-order valence-corrected chi connectivity index (χ4v) is 5.46. The van der Waals surface area contributed by atoms with Crippen molar-refractivity contribution in [1.82, 2.24) is 4.98 Å². The third-order valence-electron chi connectivity index (χ3n) is 6.06. The van der Waals surface area contributed by atoms with Crippen LogP contribution in [0.25, 0.3) is 32.6 Å². The van der Waals surface area contributed by atoms with E-state index in [1.54, 1.807) is 21.3 Å². The van der Waals surface area contributed by atoms with E-state index in [0.717, 1.165) is 63.4 Å². The Morgan fingerprint density at radius 2 is 1.82 bits per heavy atom. The Morgan fingerprint density at radius 1 is 1.03 bits per heavy atom. The number of nitrogen functional groups attached to an aromatic ring is 1. The number of fused-ring (bicyclic) bond motifs is 4. The molecule has 0 atom stereocenters. The van der Waals surface area contributed by atoms with E-state index in [2.05, 4.69) is 0 Å². The summed E-state index contributed by atoms with van der Waals surface area (Å²) in [4.78, 5) is 17.5. The van der Waals surface area contributed by atoms with E-state index in [1.807, 2.05) is 36.4 Å². The van der Waals surface area contributed by atoms with Gasteiger partial charge < -0.3 is 25.1 Å². The standard InChI is InChI=1S/C25H22N2O5S/c1-30-14-6-8-15-12(10-14)4-7-16-19(13-5-9-17(31-2)18(11-13)32-3)20-21(26)23(25(28)29)33-24(20)27-22(15)16/h5-6,8-11H,4,7,26H2,1-3H3,(H,28,29). The number of thiophene rings is 1. The van der Waals surface area contributed by atoms with Crippen LogP contribution in [0.3, 0.4) is 0 Å². The zero-order valence-electron chi connectivity index (χ0n) is 18.4. The van der Waals surface area contributed by atoms with Crippen LogP contribution in [0.1, 0.15) is 20.8 Å². The highest BCUT2D eigenvalue weighted by Crippen LogP contribution is 2.48. The molecule has 168 valence electrons. The summed E-state index contributed by atoms with van der Waals surface area (Å²) in [5.41, 5.74) is 12.4. The number of carboxylic acids is 1. The molecular weight excluding hydrogens is 440 g/mol. The molecule has 0 saturated heterocycles. The van der Waals surface area contributed by atoms with Gasteiger partial charge in [-0.25, -0.2) is 9.78 Å². The van der Waals surface area contributed by atoms with Gasteiger partial charge in [-0.1, -0.05) is 6.07 Å². The minimum atomic E-state index is -1.06. The number of aromatic nitrogens is 1. The number of carbonyl (C=O) groups is 1. The molecule has 2 heterocycles. The number of pyridine rings is 1. The molecule has 0 saturated carbocycles. The summed E-state index contributed by atoms with van der Waals surface area (Å²) in [6.07, 6.45) is 1.54. The van der Waals surface area contributed by atoms with Crippen LogP contribution >= 0.6 is 11.3 Å². The number of hydrogen-bond donors (Lipinski definition) is 2. The minimum absolute atomic E-state index is 0.0940.